The largest absolute Gasteiger partial charge is 0.497 e. The number of aryl methyl sites for hydroxylation is 1. The highest BCUT2D eigenvalue weighted by atomic mass is 19.1. The Morgan fingerprint density at radius 3 is 2.25 bits per heavy atom. The van der Waals surface area contributed by atoms with Gasteiger partial charge in [0.25, 0.3) is 0 Å². The van der Waals surface area contributed by atoms with E-state index in [2.05, 4.69) is 5.32 Å². The van der Waals surface area contributed by atoms with Gasteiger partial charge in [0, 0.05) is 18.3 Å². The topological polar surface area (TPSA) is 30.5 Å². The van der Waals surface area contributed by atoms with Crippen LogP contribution in [0.15, 0.2) is 36.4 Å². The van der Waals surface area contributed by atoms with E-state index < -0.39 is 0 Å². The van der Waals surface area contributed by atoms with Crippen LogP contribution in [0.3, 0.4) is 0 Å². The molecule has 0 aromatic heterocycles. The normalized spacial score (nSPS) is 10.2. The lowest BCUT2D eigenvalue weighted by atomic mass is 10.1. The van der Waals surface area contributed by atoms with Crippen LogP contribution in [0.4, 0.5) is 10.1 Å². The zero-order valence-corrected chi connectivity index (χ0v) is 11.9. The highest BCUT2D eigenvalue weighted by Gasteiger charge is 2.04. The van der Waals surface area contributed by atoms with E-state index in [4.69, 9.17) is 9.47 Å². The number of rotatable bonds is 5. The lowest BCUT2D eigenvalue weighted by Gasteiger charge is -2.12. The lowest BCUT2D eigenvalue weighted by molar-refractivity contribution is 0.393. The highest BCUT2D eigenvalue weighted by Crippen LogP contribution is 2.24. The summed E-state index contributed by atoms with van der Waals surface area (Å²) in [5, 5.41) is 3.22. The number of benzene rings is 2. The number of methoxy groups -OCH3 is 2. The maximum absolute atomic E-state index is 13.2. The smallest absolute Gasteiger partial charge is 0.125 e. The Morgan fingerprint density at radius 1 is 1.00 bits per heavy atom. The maximum atomic E-state index is 13.2. The van der Waals surface area contributed by atoms with Crippen molar-refractivity contribution in [3.05, 3.63) is 53.3 Å². The Hall–Kier alpha value is -2.23. The molecule has 3 nitrogen and oxygen atoms in total. The number of halogens is 1. The molecule has 2 rings (SSSR count). The molecule has 106 valence electrons. The van der Waals surface area contributed by atoms with E-state index >= 15 is 0 Å². The second-order valence-corrected chi connectivity index (χ2v) is 4.53. The van der Waals surface area contributed by atoms with Gasteiger partial charge in [-0.1, -0.05) is 6.07 Å². The predicted octanol–water partition coefficient (Wildman–Crippen LogP) is 3.76. The second-order valence-electron chi connectivity index (χ2n) is 4.53. The molecule has 20 heavy (non-hydrogen) atoms. The average Bonchev–Trinajstić information content (AvgIpc) is 2.47. The molecule has 0 atom stereocenters. The molecule has 0 unspecified atom stereocenters. The number of ether oxygens (including phenoxy) is 2. The summed E-state index contributed by atoms with van der Waals surface area (Å²) >= 11 is 0. The van der Waals surface area contributed by atoms with Gasteiger partial charge in [-0.2, -0.15) is 0 Å². The predicted molar refractivity (Wildman–Crippen MR) is 78.0 cm³/mol. The van der Waals surface area contributed by atoms with E-state index in [1.54, 1.807) is 20.3 Å². The van der Waals surface area contributed by atoms with Crippen molar-refractivity contribution in [3.8, 4) is 11.5 Å². The summed E-state index contributed by atoms with van der Waals surface area (Å²) in [7, 11) is 3.23. The molecule has 0 bridgehead atoms. The molecule has 1 N–H and O–H groups in total. The highest BCUT2D eigenvalue weighted by molar-refractivity contribution is 5.51. The van der Waals surface area contributed by atoms with Gasteiger partial charge in [0.1, 0.15) is 17.3 Å². The first-order valence-electron chi connectivity index (χ1n) is 6.34. The zero-order valence-electron chi connectivity index (χ0n) is 11.9. The molecule has 0 amide bonds. The molecule has 0 radical (unpaired) electrons. The molecule has 0 fully saturated rings. The van der Waals surface area contributed by atoms with Gasteiger partial charge in [-0.05, 0) is 42.3 Å². The standard InChI is InChI=1S/C16H18FNO2/c1-11-4-5-13(17)8-16(11)18-10-12-6-14(19-2)9-15(7-12)20-3/h4-9,18H,10H2,1-3H3. The van der Waals surface area contributed by atoms with Gasteiger partial charge in [-0.3, -0.25) is 0 Å². The first-order valence-corrected chi connectivity index (χ1v) is 6.34. The lowest BCUT2D eigenvalue weighted by Crippen LogP contribution is -2.02. The monoisotopic (exact) mass is 275 g/mol. The van der Waals surface area contributed by atoms with Crippen molar-refractivity contribution in [2.45, 2.75) is 13.5 Å². The van der Waals surface area contributed by atoms with Crippen molar-refractivity contribution in [2.75, 3.05) is 19.5 Å². The molecule has 0 spiro atoms. The second kappa shape index (κ2) is 6.28. The van der Waals surface area contributed by atoms with Crippen molar-refractivity contribution in [3.63, 3.8) is 0 Å². The summed E-state index contributed by atoms with van der Waals surface area (Å²) in [5.74, 6) is 1.22. The van der Waals surface area contributed by atoms with Crippen LogP contribution in [0.2, 0.25) is 0 Å². The first-order chi connectivity index (χ1) is 9.62. The van der Waals surface area contributed by atoms with Crippen molar-refractivity contribution in [2.24, 2.45) is 0 Å². The van der Waals surface area contributed by atoms with Crippen LogP contribution in [0.25, 0.3) is 0 Å². The number of hydrogen-bond acceptors (Lipinski definition) is 3. The minimum atomic E-state index is -0.249. The van der Waals surface area contributed by atoms with Gasteiger partial charge >= 0.3 is 0 Å². The van der Waals surface area contributed by atoms with Crippen molar-refractivity contribution < 1.29 is 13.9 Å². The summed E-state index contributed by atoms with van der Waals surface area (Å²) in [6.45, 7) is 2.51. The van der Waals surface area contributed by atoms with E-state index in [9.17, 15) is 4.39 Å². The Kier molecular flexibility index (Phi) is 4.45. The Morgan fingerprint density at radius 2 is 1.65 bits per heavy atom. The van der Waals surface area contributed by atoms with Crippen molar-refractivity contribution >= 4 is 5.69 Å². The van der Waals surface area contributed by atoms with Gasteiger partial charge in [-0.25, -0.2) is 4.39 Å². The summed E-state index contributed by atoms with van der Waals surface area (Å²) in [6, 6.07) is 10.4. The fraction of sp³-hybridized carbons (Fsp3) is 0.250. The molecule has 0 saturated heterocycles. The van der Waals surface area contributed by atoms with Crippen molar-refractivity contribution in [1.29, 1.82) is 0 Å². The molecule has 0 aliphatic heterocycles. The minimum Gasteiger partial charge on any atom is -0.497 e. The third-order valence-corrected chi connectivity index (χ3v) is 3.09. The molecule has 2 aromatic rings. The summed E-state index contributed by atoms with van der Waals surface area (Å²) in [5.41, 5.74) is 2.79. The zero-order chi connectivity index (χ0) is 14.5. The average molecular weight is 275 g/mol. The molecular weight excluding hydrogens is 257 g/mol. The van der Waals surface area contributed by atoms with Crippen LogP contribution in [-0.4, -0.2) is 14.2 Å². The number of anilines is 1. The van der Waals surface area contributed by atoms with E-state index in [1.807, 2.05) is 25.1 Å². The first kappa shape index (κ1) is 14.2. The van der Waals surface area contributed by atoms with Crippen LogP contribution in [0, 0.1) is 12.7 Å². The van der Waals surface area contributed by atoms with Crippen LogP contribution in [0.1, 0.15) is 11.1 Å². The van der Waals surface area contributed by atoms with E-state index in [0.717, 1.165) is 28.3 Å². The fourth-order valence-corrected chi connectivity index (χ4v) is 1.95. The molecule has 2 aromatic carbocycles. The molecular formula is C16H18FNO2. The van der Waals surface area contributed by atoms with Gasteiger partial charge in [0.15, 0.2) is 0 Å². The third kappa shape index (κ3) is 3.41. The molecule has 0 saturated carbocycles. The third-order valence-electron chi connectivity index (χ3n) is 3.09. The number of nitrogens with one attached hydrogen (secondary N) is 1. The Labute approximate surface area is 118 Å². The number of hydrogen-bond donors (Lipinski definition) is 1. The van der Waals surface area contributed by atoms with Gasteiger partial charge in [0.05, 0.1) is 14.2 Å². The summed E-state index contributed by atoms with van der Waals surface area (Å²) < 4.78 is 23.7. The van der Waals surface area contributed by atoms with Crippen LogP contribution in [0.5, 0.6) is 11.5 Å². The summed E-state index contributed by atoms with van der Waals surface area (Å²) in [6.07, 6.45) is 0. The minimum absolute atomic E-state index is 0.249. The van der Waals surface area contributed by atoms with Crippen LogP contribution in [-0.2, 0) is 6.54 Å². The molecule has 0 aliphatic rings. The molecule has 0 aliphatic carbocycles. The quantitative estimate of drug-likeness (QED) is 0.901. The van der Waals surface area contributed by atoms with Gasteiger partial charge < -0.3 is 14.8 Å². The summed E-state index contributed by atoms with van der Waals surface area (Å²) in [4.78, 5) is 0. The van der Waals surface area contributed by atoms with Crippen LogP contribution < -0.4 is 14.8 Å². The molecule has 4 heteroatoms. The van der Waals surface area contributed by atoms with Crippen molar-refractivity contribution in [1.82, 2.24) is 0 Å². The van der Waals surface area contributed by atoms with E-state index in [1.165, 1.54) is 12.1 Å². The Bertz CT molecular complexity index is 577. The van der Waals surface area contributed by atoms with E-state index in [-0.39, 0.29) is 5.82 Å². The fourth-order valence-electron chi connectivity index (χ4n) is 1.95. The SMILES string of the molecule is COc1cc(CNc2cc(F)ccc2C)cc(OC)c1. The Balaban J connectivity index is 2.16. The maximum Gasteiger partial charge on any atom is 0.125 e. The molecule has 0 heterocycles. The van der Waals surface area contributed by atoms with E-state index in [0.29, 0.717) is 6.54 Å². The van der Waals surface area contributed by atoms with Gasteiger partial charge in [0.2, 0.25) is 0 Å². The van der Waals surface area contributed by atoms with Crippen LogP contribution >= 0.6 is 0 Å². The van der Waals surface area contributed by atoms with Gasteiger partial charge in [-0.15, -0.1) is 0 Å².